The number of hydrazone groups is 1. The maximum absolute atomic E-state index is 13.0. The number of amides is 1. The van der Waals surface area contributed by atoms with Crippen LogP contribution in [0.15, 0.2) is 70.5 Å². The number of thiophene rings is 1. The first-order valence-corrected chi connectivity index (χ1v) is 10.8. The monoisotopic (exact) mass is 413 g/mol. The molecule has 0 aliphatic heterocycles. The lowest BCUT2D eigenvalue weighted by Crippen LogP contribution is -2.18. The van der Waals surface area contributed by atoms with Gasteiger partial charge in [0.15, 0.2) is 0 Å². The van der Waals surface area contributed by atoms with Gasteiger partial charge in [0.25, 0.3) is 5.91 Å². The smallest absolute Gasteiger partial charge is 0.267 e. The topological polar surface area (TPSA) is 54.4 Å². The van der Waals surface area contributed by atoms with E-state index < -0.39 is 0 Å². The van der Waals surface area contributed by atoms with Crippen molar-refractivity contribution in [3.63, 3.8) is 0 Å². The van der Waals surface area contributed by atoms with Crippen molar-refractivity contribution in [3.05, 3.63) is 87.6 Å². The van der Waals surface area contributed by atoms with Crippen molar-refractivity contribution in [3.8, 4) is 11.3 Å². The molecule has 2 aromatic carbocycles. The summed E-state index contributed by atoms with van der Waals surface area (Å²) in [6.07, 6.45) is 1.65. The third kappa shape index (κ3) is 4.31. The Labute approximate surface area is 180 Å². The van der Waals surface area contributed by atoms with Crippen LogP contribution in [-0.2, 0) is 0 Å². The van der Waals surface area contributed by atoms with E-state index in [9.17, 15) is 4.79 Å². The van der Waals surface area contributed by atoms with Gasteiger partial charge in [-0.3, -0.25) is 4.79 Å². The number of rotatable bonds is 5. The van der Waals surface area contributed by atoms with Crippen molar-refractivity contribution in [1.29, 1.82) is 0 Å². The molecule has 0 unspecified atom stereocenters. The van der Waals surface area contributed by atoms with Gasteiger partial charge in [0.05, 0.1) is 23.0 Å². The predicted molar refractivity (Wildman–Crippen MR) is 125 cm³/mol. The Morgan fingerprint density at radius 2 is 1.90 bits per heavy atom. The molecule has 2 aromatic heterocycles. The third-order valence-corrected chi connectivity index (χ3v) is 5.71. The van der Waals surface area contributed by atoms with E-state index in [4.69, 9.17) is 4.98 Å². The van der Waals surface area contributed by atoms with Crippen molar-refractivity contribution >= 4 is 34.4 Å². The molecule has 0 radical (unpaired) electrons. The predicted octanol–water partition coefficient (Wildman–Crippen LogP) is 6.16. The summed E-state index contributed by atoms with van der Waals surface area (Å²) >= 11 is 1.59. The largest absolute Gasteiger partial charge is 0.272 e. The van der Waals surface area contributed by atoms with Gasteiger partial charge in [-0.1, -0.05) is 49.7 Å². The highest BCUT2D eigenvalue weighted by molar-refractivity contribution is 7.08. The molecule has 4 aromatic rings. The Bertz CT molecular complexity index is 1210. The highest BCUT2D eigenvalue weighted by Crippen LogP contribution is 2.27. The average molecular weight is 414 g/mol. The van der Waals surface area contributed by atoms with Gasteiger partial charge in [-0.15, -0.1) is 0 Å². The Morgan fingerprint density at radius 3 is 2.60 bits per heavy atom. The summed E-state index contributed by atoms with van der Waals surface area (Å²) < 4.78 is 0. The summed E-state index contributed by atoms with van der Waals surface area (Å²) in [5.74, 6) is 0.216. The summed E-state index contributed by atoms with van der Waals surface area (Å²) in [6, 6.07) is 18.1. The fourth-order valence-corrected chi connectivity index (χ4v) is 3.90. The summed E-state index contributed by atoms with van der Waals surface area (Å²) in [4.78, 5) is 17.8. The summed E-state index contributed by atoms with van der Waals surface area (Å²) in [6.45, 7) is 6.35. The lowest BCUT2D eigenvalue weighted by atomic mass is 9.99. The first-order valence-electron chi connectivity index (χ1n) is 9.88. The Kier molecular flexibility index (Phi) is 5.72. The second kappa shape index (κ2) is 8.59. The molecule has 0 atom stereocenters. The lowest BCUT2D eigenvalue weighted by Gasteiger charge is -2.11. The van der Waals surface area contributed by atoms with Gasteiger partial charge in [0.2, 0.25) is 0 Å². The maximum Gasteiger partial charge on any atom is 0.272 e. The normalized spacial score (nSPS) is 11.5. The molecule has 0 aliphatic rings. The second-order valence-corrected chi connectivity index (χ2v) is 8.39. The molecule has 0 fully saturated rings. The van der Waals surface area contributed by atoms with Gasteiger partial charge in [-0.2, -0.15) is 16.4 Å². The summed E-state index contributed by atoms with van der Waals surface area (Å²) in [5, 5.41) is 8.88. The molecule has 0 saturated carbocycles. The van der Waals surface area contributed by atoms with Crippen LogP contribution in [0, 0.1) is 6.92 Å². The molecule has 30 heavy (non-hydrogen) atoms. The van der Waals surface area contributed by atoms with Gasteiger partial charge in [-0.25, -0.2) is 10.4 Å². The van der Waals surface area contributed by atoms with Gasteiger partial charge in [0, 0.05) is 16.5 Å². The van der Waals surface area contributed by atoms with E-state index in [1.54, 1.807) is 17.6 Å². The molecule has 5 heteroatoms. The number of hydrogen-bond donors (Lipinski definition) is 1. The summed E-state index contributed by atoms with van der Waals surface area (Å²) in [5.41, 5.74) is 9.08. The van der Waals surface area contributed by atoms with Crippen LogP contribution in [-0.4, -0.2) is 17.1 Å². The van der Waals surface area contributed by atoms with Crippen LogP contribution in [0.1, 0.15) is 46.8 Å². The molecule has 4 nitrogen and oxygen atoms in total. The zero-order valence-corrected chi connectivity index (χ0v) is 18.0. The molecule has 0 saturated heterocycles. The van der Waals surface area contributed by atoms with Crippen LogP contribution >= 0.6 is 11.3 Å². The van der Waals surface area contributed by atoms with Crippen LogP contribution in [0.25, 0.3) is 22.2 Å². The molecular formula is C25H23N3OS. The highest BCUT2D eigenvalue weighted by atomic mass is 32.1. The molecule has 1 amide bonds. The first-order chi connectivity index (χ1) is 14.5. The van der Waals surface area contributed by atoms with Gasteiger partial charge in [0.1, 0.15) is 0 Å². The quantitative estimate of drug-likeness (QED) is 0.315. The Morgan fingerprint density at radius 1 is 1.10 bits per heavy atom. The van der Waals surface area contributed by atoms with Crippen LogP contribution in [0.4, 0.5) is 0 Å². The van der Waals surface area contributed by atoms with E-state index in [-0.39, 0.29) is 5.91 Å². The fourth-order valence-electron chi connectivity index (χ4n) is 3.29. The standard InChI is InChI=1S/C25H23N3OS/c1-16(2)19-5-7-20(8-6-19)24-13-22(21-12-17(3)4-9-23(21)27-24)25(29)28-26-14-18-10-11-30-15-18/h4-16H,1-3H3,(H,28,29). The number of carbonyl (C=O) groups excluding carboxylic acids is 1. The maximum atomic E-state index is 13.0. The van der Waals surface area contributed by atoms with Crippen molar-refractivity contribution < 1.29 is 4.79 Å². The summed E-state index contributed by atoms with van der Waals surface area (Å²) in [7, 11) is 0. The van der Waals surface area contributed by atoms with Crippen LogP contribution in [0.3, 0.4) is 0 Å². The Hall–Kier alpha value is -3.31. The molecule has 0 bridgehead atoms. The highest BCUT2D eigenvalue weighted by Gasteiger charge is 2.14. The van der Waals surface area contributed by atoms with Crippen molar-refractivity contribution in [1.82, 2.24) is 10.4 Å². The molecule has 0 aliphatic carbocycles. The minimum Gasteiger partial charge on any atom is -0.267 e. The molecule has 1 N–H and O–H groups in total. The molecule has 4 rings (SSSR count). The second-order valence-electron chi connectivity index (χ2n) is 7.61. The number of hydrogen-bond acceptors (Lipinski definition) is 4. The van der Waals surface area contributed by atoms with E-state index in [2.05, 4.69) is 48.6 Å². The zero-order valence-electron chi connectivity index (χ0n) is 17.2. The molecule has 2 heterocycles. The number of nitrogens with one attached hydrogen (secondary N) is 1. The van der Waals surface area contributed by atoms with Crippen molar-refractivity contribution in [2.24, 2.45) is 5.10 Å². The van der Waals surface area contributed by atoms with E-state index in [1.807, 2.05) is 48.0 Å². The van der Waals surface area contributed by atoms with Crippen LogP contribution < -0.4 is 5.43 Å². The van der Waals surface area contributed by atoms with E-state index in [0.29, 0.717) is 11.5 Å². The van der Waals surface area contributed by atoms with Gasteiger partial charge >= 0.3 is 0 Å². The minimum absolute atomic E-state index is 0.250. The number of fused-ring (bicyclic) bond motifs is 1. The van der Waals surface area contributed by atoms with Crippen LogP contribution in [0.2, 0.25) is 0 Å². The Balaban J connectivity index is 1.73. The van der Waals surface area contributed by atoms with Crippen molar-refractivity contribution in [2.75, 3.05) is 0 Å². The SMILES string of the molecule is Cc1ccc2nc(-c3ccc(C(C)C)cc3)cc(C(=O)NN=Cc3ccsc3)c2c1. The third-order valence-electron chi connectivity index (χ3n) is 5.00. The number of aromatic nitrogens is 1. The van der Waals surface area contributed by atoms with Gasteiger partial charge in [-0.05, 0) is 53.4 Å². The first kappa shape index (κ1) is 20.0. The lowest BCUT2D eigenvalue weighted by molar-refractivity contribution is 0.0957. The number of benzene rings is 2. The average Bonchev–Trinajstić information content (AvgIpc) is 3.26. The number of pyridine rings is 1. The van der Waals surface area contributed by atoms with Gasteiger partial charge < -0.3 is 0 Å². The molecule has 150 valence electrons. The molecular weight excluding hydrogens is 390 g/mol. The number of aryl methyl sites for hydroxylation is 1. The zero-order chi connectivity index (χ0) is 21.1. The minimum atomic E-state index is -0.250. The fraction of sp³-hybridized carbons (Fsp3) is 0.160. The number of carbonyl (C=O) groups is 1. The number of nitrogens with zero attached hydrogens (tertiary/aromatic N) is 2. The van der Waals surface area contributed by atoms with Crippen molar-refractivity contribution in [2.45, 2.75) is 26.7 Å². The van der Waals surface area contributed by atoms with E-state index in [0.717, 1.165) is 33.3 Å². The van der Waals surface area contributed by atoms with E-state index in [1.165, 1.54) is 5.56 Å². The van der Waals surface area contributed by atoms with E-state index >= 15 is 0 Å². The van der Waals surface area contributed by atoms with Crippen LogP contribution in [0.5, 0.6) is 0 Å². The molecule has 0 spiro atoms.